The topological polar surface area (TPSA) is 29.5 Å². The van der Waals surface area contributed by atoms with Crippen LogP contribution in [0.4, 0.5) is 0 Å². The third-order valence-electron chi connectivity index (χ3n) is 4.56. The van der Waals surface area contributed by atoms with Crippen molar-refractivity contribution < 1.29 is 9.53 Å². The van der Waals surface area contributed by atoms with E-state index in [1.54, 1.807) is 0 Å². The molecule has 1 fully saturated rings. The van der Waals surface area contributed by atoms with Crippen LogP contribution in [0.25, 0.3) is 0 Å². The number of allylic oxidation sites excluding steroid dienone is 1. The number of benzene rings is 1. The summed E-state index contributed by atoms with van der Waals surface area (Å²) in [6.07, 6.45) is 5.04. The molecule has 3 nitrogen and oxygen atoms in total. The van der Waals surface area contributed by atoms with E-state index < -0.39 is 0 Å². The van der Waals surface area contributed by atoms with E-state index in [2.05, 4.69) is 43.0 Å². The Balaban J connectivity index is 2.29. The minimum atomic E-state index is -0.122. The van der Waals surface area contributed by atoms with Crippen LogP contribution < -0.4 is 0 Å². The standard InChI is InChI=1S/C20H29NO2/c1-4-6-13-18(20(22)23-5-2)19-14-10-15-21(19)16(3)17-11-8-7-9-12-17/h7-9,11-12,16H,4-6,10,13-15H2,1-3H3/b19-18+/t16-/m1/s1. The average molecular weight is 315 g/mol. The maximum absolute atomic E-state index is 12.4. The van der Waals surface area contributed by atoms with E-state index in [1.807, 2.05) is 13.0 Å². The fourth-order valence-corrected chi connectivity index (χ4v) is 3.29. The van der Waals surface area contributed by atoms with Crippen LogP contribution in [-0.4, -0.2) is 24.0 Å². The lowest BCUT2D eigenvalue weighted by Crippen LogP contribution is -2.25. The maximum atomic E-state index is 12.4. The van der Waals surface area contributed by atoms with E-state index in [0.29, 0.717) is 12.6 Å². The summed E-state index contributed by atoms with van der Waals surface area (Å²) in [6, 6.07) is 10.8. The Labute approximate surface area is 140 Å². The van der Waals surface area contributed by atoms with Crippen molar-refractivity contribution in [1.29, 1.82) is 0 Å². The molecule has 0 aliphatic carbocycles. The monoisotopic (exact) mass is 315 g/mol. The van der Waals surface area contributed by atoms with Gasteiger partial charge < -0.3 is 9.64 Å². The van der Waals surface area contributed by atoms with Crippen LogP contribution in [0.5, 0.6) is 0 Å². The van der Waals surface area contributed by atoms with Crippen LogP contribution in [0.3, 0.4) is 0 Å². The predicted octanol–water partition coefficient (Wildman–Crippen LogP) is 4.85. The second kappa shape index (κ2) is 8.76. The van der Waals surface area contributed by atoms with Crippen molar-refractivity contribution in [3.05, 3.63) is 47.2 Å². The number of carbonyl (C=O) groups is 1. The van der Waals surface area contributed by atoms with Crippen molar-refractivity contribution in [3.63, 3.8) is 0 Å². The fourth-order valence-electron chi connectivity index (χ4n) is 3.29. The van der Waals surface area contributed by atoms with E-state index in [9.17, 15) is 4.79 Å². The van der Waals surface area contributed by atoms with Gasteiger partial charge in [-0.1, -0.05) is 43.7 Å². The fraction of sp³-hybridized carbons (Fsp3) is 0.550. The molecule has 1 aliphatic rings. The summed E-state index contributed by atoms with van der Waals surface area (Å²) in [4.78, 5) is 14.8. The SMILES string of the molecule is CCCC/C(C(=O)OCC)=C1/CCCN1[C@H](C)c1ccccc1. The number of rotatable bonds is 7. The van der Waals surface area contributed by atoms with Crippen molar-refractivity contribution in [1.82, 2.24) is 4.90 Å². The number of esters is 1. The number of likely N-dealkylation sites (tertiary alicyclic amines) is 1. The molecule has 0 amide bonds. The molecule has 1 aromatic carbocycles. The van der Waals surface area contributed by atoms with Gasteiger partial charge in [0.2, 0.25) is 0 Å². The van der Waals surface area contributed by atoms with Crippen LogP contribution in [0.2, 0.25) is 0 Å². The van der Waals surface area contributed by atoms with Gasteiger partial charge in [-0.25, -0.2) is 4.79 Å². The van der Waals surface area contributed by atoms with E-state index in [1.165, 1.54) is 11.3 Å². The summed E-state index contributed by atoms with van der Waals surface area (Å²) in [7, 11) is 0. The number of hydrogen-bond donors (Lipinski definition) is 0. The lowest BCUT2D eigenvalue weighted by atomic mass is 10.0. The zero-order valence-corrected chi connectivity index (χ0v) is 14.7. The molecule has 1 heterocycles. The Morgan fingerprint density at radius 2 is 2.00 bits per heavy atom. The maximum Gasteiger partial charge on any atom is 0.335 e. The van der Waals surface area contributed by atoms with E-state index in [-0.39, 0.29) is 5.97 Å². The molecule has 0 N–H and O–H groups in total. The van der Waals surface area contributed by atoms with Gasteiger partial charge in [-0.05, 0) is 45.1 Å². The minimum Gasteiger partial charge on any atom is -0.463 e. The lowest BCUT2D eigenvalue weighted by molar-refractivity contribution is -0.138. The molecule has 0 unspecified atom stereocenters. The summed E-state index contributed by atoms with van der Waals surface area (Å²) in [5, 5.41) is 0. The van der Waals surface area contributed by atoms with Gasteiger partial charge in [-0.3, -0.25) is 0 Å². The van der Waals surface area contributed by atoms with Gasteiger partial charge in [0.25, 0.3) is 0 Å². The Morgan fingerprint density at radius 3 is 2.65 bits per heavy atom. The van der Waals surface area contributed by atoms with Crippen molar-refractivity contribution in [2.45, 2.75) is 58.9 Å². The van der Waals surface area contributed by atoms with Crippen molar-refractivity contribution in [3.8, 4) is 0 Å². The van der Waals surface area contributed by atoms with Gasteiger partial charge in [-0.2, -0.15) is 0 Å². The van der Waals surface area contributed by atoms with Crippen LogP contribution >= 0.6 is 0 Å². The Morgan fingerprint density at radius 1 is 1.26 bits per heavy atom. The zero-order chi connectivity index (χ0) is 16.7. The minimum absolute atomic E-state index is 0.122. The molecule has 2 rings (SSSR count). The van der Waals surface area contributed by atoms with Gasteiger partial charge in [0.05, 0.1) is 18.2 Å². The first-order valence-electron chi connectivity index (χ1n) is 8.89. The third kappa shape index (κ3) is 4.37. The normalized spacial score (nSPS) is 18.0. The zero-order valence-electron chi connectivity index (χ0n) is 14.7. The first kappa shape index (κ1) is 17.6. The quantitative estimate of drug-likeness (QED) is 0.532. The van der Waals surface area contributed by atoms with Crippen LogP contribution in [-0.2, 0) is 9.53 Å². The largest absolute Gasteiger partial charge is 0.463 e. The van der Waals surface area contributed by atoms with Gasteiger partial charge in [0.15, 0.2) is 0 Å². The lowest BCUT2D eigenvalue weighted by Gasteiger charge is -2.30. The number of unbranched alkanes of at least 4 members (excludes halogenated alkanes) is 1. The molecular formula is C20H29NO2. The van der Waals surface area contributed by atoms with Gasteiger partial charge >= 0.3 is 5.97 Å². The Kier molecular flexibility index (Phi) is 6.69. The van der Waals surface area contributed by atoms with Gasteiger partial charge in [-0.15, -0.1) is 0 Å². The highest BCUT2D eigenvalue weighted by Crippen LogP contribution is 2.35. The summed E-state index contributed by atoms with van der Waals surface area (Å²) in [6.45, 7) is 7.71. The summed E-state index contributed by atoms with van der Waals surface area (Å²) >= 11 is 0. The predicted molar refractivity (Wildman–Crippen MR) is 94.0 cm³/mol. The first-order chi connectivity index (χ1) is 11.2. The molecule has 1 aromatic rings. The molecule has 3 heteroatoms. The molecule has 0 spiro atoms. The molecule has 1 aliphatic heterocycles. The van der Waals surface area contributed by atoms with Crippen molar-refractivity contribution in [2.75, 3.05) is 13.2 Å². The van der Waals surface area contributed by atoms with Crippen LogP contribution in [0.1, 0.15) is 64.5 Å². The van der Waals surface area contributed by atoms with Crippen molar-refractivity contribution >= 4 is 5.97 Å². The second-order valence-corrected chi connectivity index (χ2v) is 6.13. The number of hydrogen-bond acceptors (Lipinski definition) is 3. The van der Waals surface area contributed by atoms with Gasteiger partial charge in [0, 0.05) is 12.2 Å². The van der Waals surface area contributed by atoms with E-state index in [0.717, 1.165) is 44.2 Å². The average Bonchev–Trinajstić information content (AvgIpc) is 3.05. The van der Waals surface area contributed by atoms with Crippen molar-refractivity contribution in [2.24, 2.45) is 0 Å². The first-order valence-corrected chi connectivity index (χ1v) is 8.89. The Hall–Kier alpha value is -1.77. The molecule has 23 heavy (non-hydrogen) atoms. The van der Waals surface area contributed by atoms with Crippen LogP contribution in [0, 0.1) is 0 Å². The number of nitrogens with zero attached hydrogens (tertiary/aromatic N) is 1. The number of ether oxygens (including phenoxy) is 1. The molecule has 0 radical (unpaired) electrons. The molecular weight excluding hydrogens is 286 g/mol. The number of carbonyl (C=O) groups excluding carboxylic acids is 1. The van der Waals surface area contributed by atoms with Gasteiger partial charge in [0.1, 0.15) is 0 Å². The molecule has 126 valence electrons. The smallest absolute Gasteiger partial charge is 0.335 e. The highest BCUT2D eigenvalue weighted by molar-refractivity contribution is 5.89. The molecule has 0 aromatic heterocycles. The molecule has 0 saturated carbocycles. The molecule has 0 bridgehead atoms. The third-order valence-corrected chi connectivity index (χ3v) is 4.56. The summed E-state index contributed by atoms with van der Waals surface area (Å²) < 4.78 is 5.32. The summed E-state index contributed by atoms with van der Waals surface area (Å²) in [5.41, 5.74) is 3.40. The van der Waals surface area contributed by atoms with E-state index >= 15 is 0 Å². The van der Waals surface area contributed by atoms with E-state index in [4.69, 9.17) is 4.74 Å². The highest BCUT2D eigenvalue weighted by atomic mass is 16.5. The van der Waals surface area contributed by atoms with Crippen LogP contribution in [0.15, 0.2) is 41.6 Å². The summed E-state index contributed by atoms with van der Waals surface area (Å²) in [5.74, 6) is -0.122. The molecule has 1 atom stereocenters. The second-order valence-electron chi connectivity index (χ2n) is 6.13. The highest BCUT2D eigenvalue weighted by Gasteiger charge is 2.28. The Bertz CT molecular complexity index is 536. The molecule has 1 saturated heterocycles.